The molecule has 0 bridgehead atoms. The third kappa shape index (κ3) is 5.60. The maximum Gasteiger partial charge on any atom is 0.516 e. The number of alkyl halides is 3. The van der Waals surface area contributed by atoms with E-state index in [4.69, 9.17) is 21.2 Å². The summed E-state index contributed by atoms with van der Waals surface area (Å²) in [5, 5.41) is 4.13. The predicted octanol–water partition coefficient (Wildman–Crippen LogP) is 4.02. The fourth-order valence-corrected chi connectivity index (χ4v) is 2.84. The lowest BCUT2D eigenvalue weighted by Gasteiger charge is -2.16. The Labute approximate surface area is 165 Å². The zero-order valence-corrected chi connectivity index (χ0v) is 16.1. The van der Waals surface area contributed by atoms with Gasteiger partial charge in [-0.3, -0.25) is 4.72 Å². The number of benzene rings is 2. The van der Waals surface area contributed by atoms with Crippen LogP contribution in [0.3, 0.4) is 0 Å². The molecule has 0 aliphatic carbocycles. The summed E-state index contributed by atoms with van der Waals surface area (Å²) in [6.45, 7) is 0.311. The second-order valence-electron chi connectivity index (χ2n) is 5.37. The van der Waals surface area contributed by atoms with Gasteiger partial charge in [-0.25, -0.2) is 0 Å². The average Bonchev–Trinajstić information content (AvgIpc) is 2.63. The molecule has 1 N–H and O–H groups in total. The van der Waals surface area contributed by atoms with Crippen LogP contribution < -0.4 is 4.72 Å². The minimum absolute atomic E-state index is 0.0175. The van der Waals surface area contributed by atoms with Crippen molar-refractivity contribution in [2.24, 2.45) is 5.16 Å². The lowest BCUT2D eigenvalue weighted by atomic mass is 10.0. The van der Waals surface area contributed by atoms with Crippen LogP contribution in [-0.2, 0) is 19.6 Å². The van der Waals surface area contributed by atoms with Crippen LogP contribution in [0.15, 0.2) is 53.7 Å². The number of rotatable bonds is 8. The van der Waals surface area contributed by atoms with Crippen LogP contribution in [0.25, 0.3) is 0 Å². The number of anilines is 1. The van der Waals surface area contributed by atoms with Gasteiger partial charge in [0.05, 0.1) is 12.3 Å². The van der Waals surface area contributed by atoms with Gasteiger partial charge in [0, 0.05) is 23.3 Å². The molecule has 0 aromatic heterocycles. The van der Waals surface area contributed by atoms with E-state index in [0.29, 0.717) is 5.56 Å². The van der Waals surface area contributed by atoms with Crippen molar-refractivity contribution in [3.63, 3.8) is 0 Å². The Bertz CT molecular complexity index is 935. The quantitative estimate of drug-likeness (QED) is 0.385. The summed E-state index contributed by atoms with van der Waals surface area (Å²) in [5.74, 6) is 0. The fourth-order valence-electron chi connectivity index (χ4n) is 2.09. The number of methoxy groups -OCH3 is 1. The lowest BCUT2D eigenvalue weighted by molar-refractivity contribution is -0.0429. The summed E-state index contributed by atoms with van der Waals surface area (Å²) in [5.41, 5.74) is -5.24. The highest BCUT2D eigenvalue weighted by molar-refractivity contribution is 7.93. The van der Waals surface area contributed by atoms with Gasteiger partial charge in [-0.2, -0.15) is 21.6 Å². The van der Waals surface area contributed by atoms with Crippen LogP contribution in [0.5, 0.6) is 0 Å². The number of nitrogens with one attached hydrogen (secondary N) is 1. The van der Waals surface area contributed by atoms with Crippen LogP contribution in [0.1, 0.15) is 11.1 Å². The number of halogens is 4. The summed E-state index contributed by atoms with van der Waals surface area (Å²) < 4.78 is 67.9. The van der Waals surface area contributed by atoms with E-state index >= 15 is 0 Å². The number of sulfonamides is 1. The summed E-state index contributed by atoms with van der Waals surface area (Å²) in [6, 6.07) is 12.1. The van der Waals surface area contributed by atoms with Crippen LogP contribution >= 0.6 is 11.6 Å². The first kappa shape index (κ1) is 22.0. The van der Waals surface area contributed by atoms with E-state index in [1.165, 1.54) is 24.0 Å². The third-order valence-electron chi connectivity index (χ3n) is 3.37. The molecule has 0 unspecified atom stereocenters. The molecule has 2 rings (SSSR count). The Kier molecular flexibility index (Phi) is 7.28. The second-order valence-corrected chi connectivity index (χ2v) is 7.48. The molecule has 0 amide bonds. The fraction of sp³-hybridized carbons (Fsp3) is 0.235. The largest absolute Gasteiger partial charge is 0.516 e. The molecule has 0 aliphatic rings. The highest BCUT2D eigenvalue weighted by atomic mass is 35.5. The Balaban J connectivity index is 2.55. The van der Waals surface area contributed by atoms with Crippen molar-refractivity contribution < 1.29 is 31.2 Å². The number of oxime groups is 1. The zero-order valence-electron chi connectivity index (χ0n) is 14.5. The molecule has 0 aliphatic heterocycles. The minimum atomic E-state index is -5.64. The highest BCUT2D eigenvalue weighted by Gasteiger charge is 2.46. The normalized spacial score (nSPS) is 12.7. The van der Waals surface area contributed by atoms with E-state index in [9.17, 15) is 21.6 Å². The van der Waals surface area contributed by atoms with Crippen molar-refractivity contribution in [3.05, 3.63) is 64.7 Å². The maximum atomic E-state index is 12.8. The summed E-state index contributed by atoms with van der Waals surface area (Å²) in [6.07, 6.45) is 0. The molecule has 11 heteroatoms. The van der Waals surface area contributed by atoms with E-state index < -0.39 is 15.5 Å². The SMILES string of the molecule is COCCON=C(c1ccccc1)c1cc(Cl)ccc1NS(=O)(=O)C(F)(F)F. The Morgan fingerprint density at radius 2 is 1.82 bits per heavy atom. The summed E-state index contributed by atoms with van der Waals surface area (Å²) in [7, 11) is -4.18. The van der Waals surface area contributed by atoms with Crippen molar-refractivity contribution in [2.75, 3.05) is 25.0 Å². The Morgan fingerprint density at radius 1 is 1.14 bits per heavy atom. The van der Waals surface area contributed by atoms with Crippen LogP contribution in [0.4, 0.5) is 18.9 Å². The van der Waals surface area contributed by atoms with Crippen LogP contribution in [0.2, 0.25) is 5.02 Å². The van der Waals surface area contributed by atoms with Crippen molar-refractivity contribution in [1.29, 1.82) is 0 Å². The smallest absolute Gasteiger partial charge is 0.393 e. The molecule has 0 saturated carbocycles. The van der Waals surface area contributed by atoms with Gasteiger partial charge in [-0.05, 0) is 18.2 Å². The van der Waals surface area contributed by atoms with Crippen molar-refractivity contribution >= 4 is 33.0 Å². The lowest BCUT2D eigenvalue weighted by Crippen LogP contribution is -2.30. The molecule has 0 heterocycles. The van der Waals surface area contributed by atoms with Crippen molar-refractivity contribution in [2.45, 2.75) is 5.51 Å². The first-order valence-electron chi connectivity index (χ1n) is 7.79. The topological polar surface area (TPSA) is 77.0 Å². The Hall–Kier alpha value is -2.30. The third-order valence-corrected chi connectivity index (χ3v) is 4.70. The number of hydrogen-bond acceptors (Lipinski definition) is 5. The van der Waals surface area contributed by atoms with E-state index in [-0.39, 0.29) is 35.2 Å². The van der Waals surface area contributed by atoms with E-state index in [2.05, 4.69) is 5.16 Å². The molecule has 0 spiro atoms. The maximum absolute atomic E-state index is 12.8. The van der Waals surface area contributed by atoms with Gasteiger partial charge in [0.2, 0.25) is 0 Å². The van der Waals surface area contributed by atoms with Crippen LogP contribution in [0, 0.1) is 0 Å². The number of ether oxygens (including phenoxy) is 1. The van der Waals surface area contributed by atoms with Crippen molar-refractivity contribution in [3.8, 4) is 0 Å². The summed E-state index contributed by atoms with van der Waals surface area (Å²) >= 11 is 5.98. The highest BCUT2D eigenvalue weighted by Crippen LogP contribution is 2.30. The average molecular weight is 437 g/mol. The van der Waals surface area contributed by atoms with Gasteiger partial charge in [0.15, 0.2) is 0 Å². The molecule has 152 valence electrons. The van der Waals surface area contributed by atoms with Crippen LogP contribution in [-0.4, -0.2) is 40.0 Å². The predicted molar refractivity (Wildman–Crippen MR) is 100.0 cm³/mol. The first-order valence-corrected chi connectivity index (χ1v) is 9.65. The van der Waals surface area contributed by atoms with Crippen molar-refractivity contribution in [1.82, 2.24) is 0 Å². The molecule has 0 saturated heterocycles. The zero-order chi connectivity index (χ0) is 20.8. The minimum Gasteiger partial charge on any atom is -0.393 e. The molecule has 2 aromatic rings. The van der Waals surface area contributed by atoms with Gasteiger partial charge >= 0.3 is 15.5 Å². The van der Waals surface area contributed by atoms with E-state index in [1.54, 1.807) is 30.3 Å². The van der Waals surface area contributed by atoms with Gasteiger partial charge in [-0.1, -0.05) is 47.1 Å². The van der Waals surface area contributed by atoms with E-state index in [0.717, 1.165) is 6.07 Å². The van der Waals surface area contributed by atoms with Gasteiger partial charge < -0.3 is 9.57 Å². The molecule has 6 nitrogen and oxygen atoms in total. The summed E-state index contributed by atoms with van der Waals surface area (Å²) in [4.78, 5) is 5.16. The monoisotopic (exact) mass is 436 g/mol. The standard InChI is InChI=1S/C17H16ClF3N2O4S/c1-26-9-10-27-22-16(12-5-3-2-4-6-12)14-11-13(18)7-8-15(14)23-28(24,25)17(19,20)21/h2-8,11,23H,9-10H2,1H3. The second kappa shape index (κ2) is 9.26. The molecular formula is C17H16ClF3N2O4S. The molecule has 0 fully saturated rings. The van der Waals surface area contributed by atoms with Gasteiger partial charge in [0.25, 0.3) is 0 Å². The number of nitrogens with zero attached hydrogens (tertiary/aromatic N) is 1. The molecular weight excluding hydrogens is 421 g/mol. The van der Waals surface area contributed by atoms with Gasteiger partial charge in [0.1, 0.15) is 12.3 Å². The molecule has 0 atom stereocenters. The number of hydrogen-bond donors (Lipinski definition) is 1. The first-order chi connectivity index (χ1) is 13.2. The van der Waals surface area contributed by atoms with E-state index in [1.807, 2.05) is 0 Å². The van der Waals surface area contributed by atoms with Gasteiger partial charge in [-0.15, -0.1) is 0 Å². The molecule has 2 aromatic carbocycles. The molecule has 0 radical (unpaired) electrons. The Morgan fingerprint density at radius 3 is 2.43 bits per heavy atom. The molecule has 28 heavy (non-hydrogen) atoms.